The fraction of sp³-hybridized carbons (Fsp3) is 0.857. The minimum atomic E-state index is -0.753. The fourth-order valence-electron chi connectivity index (χ4n) is 3.04. The Morgan fingerprint density at radius 2 is 2.00 bits per heavy atom. The average molecular weight is 284 g/mol. The molecule has 20 heavy (non-hydrogen) atoms. The van der Waals surface area contributed by atoms with Crippen LogP contribution in [0.3, 0.4) is 0 Å². The van der Waals surface area contributed by atoms with Gasteiger partial charge in [-0.05, 0) is 33.6 Å². The summed E-state index contributed by atoms with van der Waals surface area (Å²) in [6.07, 6.45) is 1.08. The lowest BCUT2D eigenvalue weighted by molar-refractivity contribution is -0.143. The summed E-state index contributed by atoms with van der Waals surface area (Å²) in [5, 5.41) is 9.07. The van der Waals surface area contributed by atoms with Crippen molar-refractivity contribution in [3.05, 3.63) is 0 Å². The van der Waals surface area contributed by atoms with Crippen LogP contribution in [0, 0.1) is 5.92 Å². The van der Waals surface area contributed by atoms with Gasteiger partial charge in [0.2, 0.25) is 0 Å². The first-order valence-corrected chi connectivity index (χ1v) is 7.22. The molecule has 1 N–H and O–H groups in total. The molecule has 0 aromatic carbocycles. The number of amides is 2. The molecule has 0 aromatic rings. The third-order valence-corrected chi connectivity index (χ3v) is 4.17. The number of urea groups is 1. The van der Waals surface area contributed by atoms with Crippen LogP contribution in [0.1, 0.15) is 33.6 Å². The lowest BCUT2D eigenvalue weighted by atomic mass is 9.92. The molecule has 0 saturated carbocycles. The zero-order valence-corrected chi connectivity index (χ0v) is 12.5. The second-order valence-electron chi connectivity index (χ2n) is 6.41. The van der Waals surface area contributed by atoms with E-state index in [1.54, 1.807) is 4.90 Å². The zero-order valence-electron chi connectivity index (χ0n) is 12.5. The molecule has 2 aliphatic rings. The largest absolute Gasteiger partial charge is 0.481 e. The molecule has 0 aromatic heterocycles. The lowest BCUT2D eigenvalue weighted by Crippen LogP contribution is -2.57. The first-order valence-electron chi connectivity index (χ1n) is 7.22. The van der Waals surface area contributed by atoms with Gasteiger partial charge in [-0.15, -0.1) is 0 Å². The van der Waals surface area contributed by atoms with Crippen molar-refractivity contribution in [1.82, 2.24) is 9.80 Å². The molecule has 2 saturated heterocycles. The number of aliphatic carboxylic acids is 1. The summed E-state index contributed by atoms with van der Waals surface area (Å²) in [6.45, 7) is 8.15. The first-order chi connectivity index (χ1) is 9.30. The Morgan fingerprint density at radius 3 is 2.55 bits per heavy atom. The second-order valence-corrected chi connectivity index (χ2v) is 6.41. The van der Waals surface area contributed by atoms with Crippen molar-refractivity contribution in [3.63, 3.8) is 0 Å². The van der Waals surface area contributed by atoms with Crippen LogP contribution < -0.4 is 0 Å². The molecule has 2 aliphatic heterocycles. The van der Waals surface area contributed by atoms with Crippen LogP contribution in [0.15, 0.2) is 0 Å². The quantitative estimate of drug-likeness (QED) is 0.790. The molecular weight excluding hydrogens is 260 g/mol. The summed E-state index contributed by atoms with van der Waals surface area (Å²) >= 11 is 0. The maximum absolute atomic E-state index is 12.6. The third-order valence-electron chi connectivity index (χ3n) is 4.17. The number of nitrogens with zero attached hydrogens (tertiary/aromatic N) is 2. The van der Waals surface area contributed by atoms with E-state index in [1.165, 1.54) is 0 Å². The highest BCUT2D eigenvalue weighted by molar-refractivity contribution is 5.76. The van der Waals surface area contributed by atoms with Gasteiger partial charge >= 0.3 is 12.0 Å². The number of morpholine rings is 1. The van der Waals surface area contributed by atoms with Gasteiger partial charge in [-0.25, -0.2) is 4.79 Å². The van der Waals surface area contributed by atoms with E-state index in [2.05, 4.69) is 0 Å². The van der Waals surface area contributed by atoms with E-state index < -0.39 is 5.97 Å². The van der Waals surface area contributed by atoms with Crippen molar-refractivity contribution in [2.75, 3.05) is 26.2 Å². The summed E-state index contributed by atoms with van der Waals surface area (Å²) in [7, 11) is 0. The number of hydrogen-bond acceptors (Lipinski definition) is 3. The highest BCUT2D eigenvalue weighted by Gasteiger charge is 2.37. The van der Waals surface area contributed by atoms with Gasteiger partial charge in [-0.2, -0.15) is 0 Å². The van der Waals surface area contributed by atoms with Gasteiger partial charge in [0, 0.05) is 19.1 Å². The van der Waals surface area contributed by atoms with E-state index in [-0.39, 0.29) is 23.6 Å². The van der Waals surface area contributed by atoms with Crippen LogP contribution in [0.2, 0.25) is 0 Å². The van der Waals surface area contributed by atoms with Gasteiger partial charge < -0.3 is 19.6 Å². The van der Waals surface area contributed by atoms with E-state index in [1.807, 2.05) is 25.7 Å². The minimum absolute atomic E-state index is 0.0118. The molecule has 2 fully saturated rings. The Kier molecular flexibility index (Phi) is 4.22. The van der Waals surface area contributed by atoms with Crippen molar-refractivity contribution >= 4 is 12.0 Å². The lowest BCUT2D eigenvalue weighted by Gasteiger charge is -2.43. The number of carbonyl (C=O) groups is 2. The predicted molar refractivity (Wildman–Crippen MR) is 73.5 cm³/mol. The fourth-order valence-corrected chi connectivity index (χ4v) is 3.04. The average Bonchev–Trinajstić information content (AvgIpc) is 2.36. The number of ether oxygens (including phenoxy) is 1. The zero-order chi connectivity index (χ0) is 14.9. The van der Waals surface area contributed by atoms with Crippen LogP contribution in [-0.4, -0.2) is 64.8 Å². The summed E-state index contributed by atoms with van der Waals surface area (Å²) in [5.41, 5.74) is -0.309. The number of carboxylic acid groups (broad SMARTS) is 1. The van der Waals surface area contributed by atoms with Crippen molar-refractivity contribution in [2.24, 2.45) is 5.92 Å². The Hall–Kier alpha value is -1.30. The number of rotatable bonds is 1. The van der Waals surface area contributed by atoms with Crippen molar-refractivity contribution in [1.29, 1.82) is 0 Å². The van der Waals surface area contributed by atoms with Crippen LogP contribution in [0.4, 0.5) is 4.79 Å². The molecule has 6 heteroatoms. The monoisotopic (exact) mass is 284 g/mol. The van der Waals surface area contributed by atoms with Crippen LogP contribution in [0.25, 0.3) is 0 Å². The SMILES string of the molecule is CC1CC(C(=O)O)CCN1C(=O)N1CCOC(C)(C)C1. The highest BCUT2D eigenvalue weighted by atomic mass is 16.5. The topological polar surface area (TPSA) is 70.1 Å². The summed E-state index contributed by atoms with van der Waals surface area (Å²) in [4.78, 5) is 27.2. The van der Waals surface area contributed by atoms with Gasteiger partial charge in [0.25, 0.3) is 0 Å². The number of likely N-dealkylation sites (tertiary alicyclic amines) is 1. The van der Waals surface area contributed by atoms with Gasteiger partial charge in [0.05, 0.1) is 24.7 Å². The highest BCUT2D eigenvalue weighted by Crippen LogP contribution is 2.25. The molecule has 2 amide bonds. The van der Waals surface area contributed by atoms with Crippen molar-refractivity contribution in [2.45, 2.75) is 45.3 Å². The number of carbonyl (C=O) groups excluding carboxylic acids is 1. The Balaban J connectivity index is 1.98. The first kappa shape index (κ1) is 15.1. The maximum Gasteiger partial charge on any atom is 0.320 e. The summed E-state index contributed by atoms with van der Waals surface area (Å²) in [6, 6.07) is -0.0129. The van der Waals surface area contributed by atoms with E-state index in [4.69, 9.17) is 9.84 Å². The van der Waals surface area contributed by atoms with Crippen molar-refractivity contribution in [3.8, 4) is 0 Å². The number of carboxylic acids is 1. The van der Waals surface area contributed by atoms with Gasteiger partial charge in [-0.3, -0.25) is 4.79 Å². The standard InChI is InChI=1S/C14H24N2O4/c1-10-8-11(12(17)18)4-5-16(10)13(19)15-6-7-20-14(2,3)9-15/h10-11H,4-9H2,1-3H3,(H,17,18). The van der Waals surface area contributed by atoms with E-state index >= 15 is 0 Å². The Bertz CT molecular complexity index is 397. The summed E-state index contributed by atoms with van der Waals surface area (Å²) < 4.78 is 5.62. The molecule has 0 radical (unpaired) electrons. The molecule has 0 aliphatic carbocycles. The minimum Gasteiger partial charge on any atom is -0.481 e. The van der Waals surface area contributed by atoms with Crippen LogP contribution >= 0.6 is 0 Å². The number of piperidine rings is 1. The summed E-state index contributed by atoms with van der Waals surface area (Å²) in [5.74, 6) is -1.08. The molecule has 114 valence electrons. The molecule has 0 spiro atoms. The third kappa shape index (κ3) is 3.23. The Morgan fingerprint density at radius 1 is 1.30 bits per heavy atom. The van der Waals surface area contributed by atoms with E-state index in [0.29, 0.717) is 39.1 Å². The molecule has 2 heterocycles. The van der Waals surface area contributed by atoms with Gasteiger partial charge in [-0.1, -0.05) is 0 Å². The number of hydrogen-bond donors (Lipinski definition) is 1. The van der Waals surface area contributed by atoms with Gasteiger partial charge in [0.15, 0.2) is 0 Å². The molecule has 2 unspecified atom stereocenters. The smallest absolute Gasteiger partial charge is 0.320 e. The predicted octanol–water partition coefficient (Wildman–Crippen LogP) is 1.40. The second kappa shape index (κ2) is 5.60. The molecular formula is C14H24N2O4. The normalized spacial score (nSPS) is 30.1. The Labute approximate surface area is 119 Å². The molecule has 2 atom stereocenters. The van der Waals surface area contributed by atoms with Gasteiger partial charge in [0.1, 0.15) is 0 Å². The van der Waals surface area contributed by atoms with Crippen LogP contribution in [-0.2, 0) is 9.53 Å². The van der Waals surface area contributed by atoms with E-state index in [9.17, 15) is 9.59 Å². The van der Waals surface area contributed by atoms with E-state index in [0.717, 1.165) is 0 Å². The van der Waals surface area contributed by atoms with Crippen LogP contribution in [0.5, 0.6) is 0 Å². The molecule has 6 nitrogen and oxygen atoms in total. The maximum atomic E-state index is 12.6. The molecule has 0 bridgehead atoms. The van der Waals surface area contributed by atoms with Crippen molar-refractivity contribution < 1.29 is 19.4 Å². The molecule has 2 rings (SSSR count).